The predicted octanol–water partition coefficient (Wildman–Crippen LogP) is 7.81. The van der Waals surface area contributed by atoms with Crippen LogP contribution in [0.25, 0.3) is 11.1 Å². The molecule has 0 bridgehead atoms. The summed E-state index contributed by atoms with van der Waals surface area (Å²) < 4.78 is 13.1. The molecule has 0 spiro atoms. The van der Waals surface area contributed by atoms with E-state index in [1.54, 1.807) is 7.11 Å². The first-order valence-corrected chi connectivity index (χ1v) is 17.0. The van der Waals surface area contributed by atoms with Crippen LogP contribution >= 0.6 is 0 Å². The summed E-state index contributed by atoms with van der Waals surface area (Å²) in [6.45, 7) is 5.27. The van der Waals surface area contributed by atoms with Crippen LogP contribution in [0.4, 0.5) is 10.5 Å². The van der Waals surface area contributed by atoms with Gasteiger partial charge in [0.15, 0.2) is 0 Å². The summed E-state index contributed by atoms with van der Waals surface area (Å²) in [4.78, 5) is 28.4. The number of ether oxygens (including phenoxy) is 2. The third-order valence-electron chi connectivity index (χ3n) is 10.1. The Hall–Kier alpha value is -3.81. The fraction of sp³-hybridized carbons (Fsp3) is 0.541. The molecule has 1 N–H and O–H groups in total. The van der Waals surface area contributed by atoms with Crippen molar-refractivity contribution < 1.29 is 19.1 Å². The maximum atomic E-state index is 14.3. The van der Waals surface area contributed by atoms with Crippen LogP contribution in [-0.2, 0) is 9.53 Å². The number of nitrogens with one attached hydrogen (secondary N) is 1. The highest BCUT2D eigenvalue weighted by molar-refractivity contribution is 5.95. The van der Waals surface area contributed by atoms with Gasteiger partial charge in [-0.2, -0.15) is 5.10 Å². The molecule has 0 saturated heterocycles. The van der Waals surface area contributed by atoms with Gasteiger partial charge in [0, 0.05) is 36.5 Å². The van der Waals surface area contributed by atoms with E-state index in [1.165, 1.54) is 24.0 Å². The second-order valence-corrected chi connectivity index (χ2v) is 13.3. The van der Waals surface area contributed by atoms with Gasteiger partial charge in [-0.25, -0.2) is 4.79 Å². The Morgan fingerprint density at radius 3 is 2.42 bits per heavy atom. The maximum Gasteiger partial charge on any atom is 0.407 e. The summed E-state index contributed by atoms with van der Waals surface area (Å²) in [6, 6.07) is 15.6. The zero-order valence-corrected chi connectivity index (χ0v) is 27.0. The van der Waals surface area contributed by atoms with Crippen LogP contribution in [0.3, 0.4) is 0 Å². The van der Waals surface area contributed by atoms with Gasteiger partial charge in [-0.1, -0.05) is 24.3 Å². The highest BCUT2D eigenvalue weighted by atomic mass is 16.6. The van der Waals surface area contributed by atoms with Crippen molar-refractivity contribution in [3.8, 4) is 16.9 Å². The molecule has 1 aromatic heterocycles. The number of amides is 2. The molecule has 240 valence electrons. The molecule has 8 heteroatoms. The third-order valence-corrected chi connectivity index (χ3v) is 10.1. The number of methoxy groups -OCH3 is 1. The smallest absolute Gasteiger partial charge is 0.407 e. The van der Waals surface area contributed by atoms with Crippen molar-refractivity contribution in [2.45, 2.75) is 96.1 Å². The highest BCUT2D eigenvalue weighted by Crippen LogP contribution is 2.40. The second-order valence-electron chi connectivity index (χ2n) is 13.3. The lowest BCUT2D eigenvalue weighted by Crippen LogP contribution is -2.42. The number of alkyl carbamates (subject to hydrolysis) is 1. The number of rotatable bonds is 10. The average molecular weight is 613 g/mol. The first-order valence-electron chi connectivity index (χ1n) is 17.0. The summed E-state index contributed by atoms with van der Waals surface area (Å²) in [5.41, 5.74) is 5.72. The van der Waals surface area contributed by atoms with E-state index in [0.29, 0.717) is 37.3 Å². The van der Waals surface area contributed by atoms with Crippen molar-refractivity contribution in [2.24, 2.45) is 11.8 Å². The number of aryl methyl sites for hydroxylation is 1. The van der Waals surface area contributed by atoms with E-state index in [-0.39, 0.29) is 24.0 Å². The highest BCUT2D eigenvalue weighted by Gasteiger charge is 2.34. The number of carbonyl (C=O) groups excluding carboxylic acids is 2. The van der Waals surface area contributed by atoms with Crippen LogP contribution in [0.5, 0.6) is 5.75 Å². The molecular formula is C37H48N4O4. The standard InChI is InChI=1S/C37H48N4O4/c1-4-38-37(43)45-34-17-12-28(13-18-34)36(42)40(33-7-5-6-29(21-33)31-22-39-41(24-31)32-15-16-32)23-26-8-10-27(11-9-26)30-14-19-35(44-3)25(2)20-30/h5-7,14,19-22,24,26-28,32,34H,4,8-13,15-18,23H2,1-3H3,(H,38,43)/t26-,27-,28-,34-. The van der Waals surface area contributed by atoms with Crippen LogP contribution in [0.2, 0.25) is 0 Å². The first kappa shape index (κ1) is 31.2. The van der Waals surface area contributed by atoms with Gasteiger partial charge in [0.1, 0.15) is 11.9 Å². The predicted molar refractivity (Wildman–Crippen MR) is 177 cm³/mol. The molecule has 0 radical (unpaired) electrons. The summed E-state index contributed by atoms with van der Waals surface area (Å²) in [6.07, 6.45) is 13.3. The summed E-state index contributed by atoms with van der Waals surface area (Å²) >= 11 is 0. The van der Waals surface area contributed by atoms with E-state index in [1.807, 2.05) is 13.1 Å². The lowest BCUT2D eigenvalue weighted by Gasteiger charge is -2.36. The molecule has 3 fully saturated rings. The van der Waals surface area contributed by atoms with Gasteiger partial charge < -0.3 is 19.7 Å². The van der Waals surface area contributed by atoms with Gasteiger partial charge in [-0.3, -0.25) is 9.48 Å². The number of hydrogen-bond acceptors (Lipinski definition) is 5. The Labute approximate surface area is 267 Å². The van der Waals surface area contributed by atoms with Gasteiger partial charge in [0.25, 0.3) is 0 Å². The molecule has 2 amide bonds. The average Bonchev–Trinajstić information content (AvgIpc) is 3.80. The summed E-state index contributed by atoms with van der Waals surface area (Å²) in [5, 5.41) is 7.32. The van der Waals surface area contributed by atoms with Gasteiger partial charge in [-0.05, 0) is 125 Å². The second kappa shape index (κ2) is 14.1. The lowest BCUT2D eigenvalue weighted by molar-refractivity contribution is -0.124. The van der Waals surface area contributed by atoms with Crippen LogP contribution in [0.1, 0.15) is 94.2 Å². The van der Waals surface area contributed by atoms with Gasteiger partial charge in [0.05, 0.1) is 19.3 Å². The van der Waals surface area contributed by atoms with Gasteiger partial charge in [0.2, 0.25) is 5.91 Å². The van der Waals surface area contributed by atoms with E-state index >= 15 is 0 Å². The Morgan fingerprint density at radius 1 is 0.956 bits per heavy atom. The molecule has 0 unspecified atom stereocenters. The number of carbonyl (C=O) groups is 2. The van der Waals surface area contributed by atoms with E-state index in [9.17, 15) is 9.59 Å². The molecule has 2 aromatic carbocycles. The molecule has 8 nitrogen and oxygen atoms in total. The molecule has 6 rings (SSSR count). The molecule has 3 aliphatic carbocycles. The Morgan fingerprint density at radius 2 is 1.73 bits per heavy atom. The number of nitrogens with zero attached hydrogens (tertiary/aromatic N) is 3. The largest absolute Gasteiger partial charge is 0.496 e. The van der Waals surface area contributed by atoms with Gasteiger partial charge in [-0.15, -0.1) is 0 Å². The molecule has 3 aliphatic rings. The zero-order valence-electron chi connectivity index (χ0n) is 27.0. The van der Waals surface area contributed by atoms with Crippen molar-refractivity contribution in [2.75, 3.05) is 25.1 Å². The van der Waals surface area contributed by atoms with Crippen LogP contribution in [0.15, 0.2) is 54.9 Å². The fourth-order valence-corrected chi connectivity index (χ4v) is 7.28. The van der Waals surface area contributed by atoms with E-state index < -0.39 is 0 Å². The normalized spacial score (nSPS) is 23.3. The van der Waals surface area contributed by atoms with Crippen molar-refractivity contribution >= 4 is 17.7 Å². The van der Waals surface area contributed by atoms with Crippen LogP contribution in [0, 0.1) is 18.8 Å². The van der Waals surface area contributed by atoms with Crippen molar-refractivity contribution in [1.29, 1.82) is 0 Å². The fourth-order valence-electron chi connectivity index (χ4n) is 7.28. The SMILES string of the molecule is CCNC(=O)O[C@H]1CC[C@H](C(=O)N(C[C@H]2CC[C@H](c3ccc(OC)c(C)c3)CC2)c2cccc(-c3cnn(C4CC4)c3)c2)CC1. The number of benzene rings is 2. The van der Waals surface area contributed by atoms with E-state index in [0.717, 1.165) is 67.6 Å². The number of anilines is 1. The van der Waals surface area contributed by atoms with Crippen LogP contribution in [-0.4, -0.2) is 48.1 Å². The minimum Gasteiger partial charge on any atom is -0.496 e. The minimum absolute atomic E-state index is 0.0704. The summed E-state index contributed by atoms with van der Waals surface area (Å²) in [7, 11) is 1.72. The molecule has 1 heterocycles. The zero-order chi connectivity index (χ0) is 31.3. The molecule has 0 atom stereocenters. The first-order chi connectivity index (χ1) is 21.9. The molecule has 0 aliphatic heterocycles. The summed E-state index contributed by atoms with van der Waals surface area (Å²) in [5.74, 6) is 2.06. The number of hydrogen-bond donors (Lipinski definition) is 1. The minimum atomic E-state index is -0.365. The molecule has 3 saturated carbocycles. The van der Waals surface area contributed by atoms with Crippen molar-refractivity contribution in [3.63, 3.8) is 0 Å². The van der Waals surface area contributed by atoms with Gasteiger partial charge >= 0.3 is 6.09 Å². The van der Waals surface area contributed by atoms with Crippen molar-refractivity contribution in [1.82, 2.24) is 15.1 Å². The quantitative estimate of drug-likeness (QED) is 0.252. The van der Waals surface area contributed by atoms with Crippen molar-refractivity contribution in [3.05, 3.63) is 66.0 Å². The monoisotopic (exact) mass is 612 g/mol. The lowest BCUT2D eigenvalue weighted by atomic mass is 9.78. The Bertz CT molecular complexity index is 1460. The van der Waals surface area contributed by atoms with E-state index in [4.69, 9.17) is 9.47 Å². The maximum absolute atomic E-state index is 14.3. The number of aromatic nitrogens is 2. The topological polar surface area (TPSA) is 85.7 Å². The van der Waals surface area contributed by atoms with E-state index in [2.05, 4.69) is 75.6 Å². The molecular weight excluding hydrogens is 564 g/mol. The Balaban J connectivity index is 1.16. The Kier molecular flexibility index (Phi) is 9.76. The molecule has 45 heavy (non-hydrogen) atoms. The van der Waals surface area contributed by atoms with Crippen LogP contribution < -0.4 is 15.0 Å². The molecule has 3 aromatic rings. The third kappa shape index (κ3) is 7.54.